The van der Waals surface area contributed by atoms with Crippen LogP contribution in [0.3, 0.4) is 0 Å². The number of sulfonamides is 1. The van der Waals surface area contributed by atoms with Gasteiger partial charge in [-0.1, -0.05) is 0 Å². The van der Waals surface area contributed by atoms with Gasteiger partial charge in [0.15, 0.2) is 0 Å². The summed E-state index contributed by atoms with van der Waals surface area (Å²) in [6.07, 6.45) is 4.79. The average molecular weight is 244 g/mol. The lowest BCUT2D eigenvalue weighted by Gasteiger charge is -2.30. The Morgan fingerprint density at radius 1 is 1.56 bits per heavy atom. The molecule has 16 heavy (non-hydrogen) atoms. The minimum atomic E-state index is -3.37. The zero-order valence-corrected chi connectivity index (χ0v) is 9.78. The second-order valence-electron chi connectivity index (χ2n) is 4.10. The number of rotatable bonds is 3. The molecule has 0 spiro atoms. The molecule has 2 heterocycles. The molecule has 1 aromatic heterocycles. The first-order valence-electron chi connectivity index (χ1n) is 5.38. The Morgan fingerprint density at radius 3 is 3.00 bits per heavy atom. The number of nitrogens with one attached hydrogen (secondary N) is 1. The number of piperidine rings is 1. The van der Waals surface area contributed by atoms with Crippen LogP contribution in [0, 0.1) is 5.92 Å². The van der Waals surface area contributed by atoms with Crippen molar-refractivity contribution in [1.82, 2.24) is 9.29 Å². The highest BCUT2D eigenvalue weighted by Crippen LogP contribution is 2.22. The van der Waals surface area contributed by atoms with Crippen molar-refractivity contribution in [2.75, 3.05) is 19.7 Å². The van der Waals surface area contributed by atoms with E-state index in [1.165, 1.54) is 10.5 Å². The van der Waals surface area contributed by atoms with Crippen molar-refractivity contribution in [3.63, 3.8) is 0 Å². The summed E-state index contributed by atoms with van der Waals surface area (Å²) in [5.74, 6) is 0.0717. The molecule has 0 saturated carbocycles. The number of hydrogen-bond donors (Lipinski definition) is 2. The first kappa shape index (κ1) is 11.6. The predicted molar refractivity (Wildman–Crippen MR) is 59.4 cm³/mol. The van der Waals surface area contributed by atoms with Gasteiger partial charge in [-0.3, -0.25) is 0 Å². The lowest BCUT2D eigenvalue weighted by atomic mass is 10.0. The van der Waals surface area contributed by atoms with Gasteiger partial charge >= 0.3 is 0 Å². The average Bonchev–Trinajstić information content (AvgIpc) is 2.83. The van der Waals surface area contributed by atoms with Crippen molar-refractivity contribution < 1.29 is 13.5 Å². The first-order valence-corrected chi connectivity index (χ1v) is 6.82. The van der Waals surface area contributed by atoms with Crippen molar-refractivity contribution in [2.24, 2.45) is 5.92 Å². The maximum Gasteiger partial charge on any atom is 0.244 e. The Balaban J connectivity index is 2.18. The summed E-state index contributed by atoms with van der Waals surface area (Å²) in [5.41, 5.74) is 0. The second-order valence-corrected chi connectivity index (χ2v) is 6.04. The first-order chi connectivity index (χ1) is 7.64. The fraction of sp³-hybridized carbons (Fsp3) is 0.600. The zero-order valence-electron chi connectivity index (χ0n) is 8.96. The van der Waals surface area contributed by atoms with E-state index in [-0.39, 0.29) is 12.5 Å². The molecular formula is C10H16N2O3S. The Kier molecular flexibility index (Phi) is 3.32. The van der Waals surface area contributed by atoms with Gasteiger partial charge in [0.1, 0.15) is 0 Å². The van der Waals surface area contributed by atoms with Crippen molar-refractivity contribution in [3.8, 4) is 0 Å². The van der Waals surface area contributed by atoms with Crippen LogP contribution in [0.15, 0.2) is 23.4 Å². The highest BCUT2D eigenvalue weighted by atomic mass is 32.2. The van der Waals surface area contributed by atoms with Crippen LogP contribution in [0.4, 0.5) is 0 Å². The molecule has 5 nitrogen and oxygen atoms in total. The molecule has 2 N–H and O–H groups in total. The van der Waals surface area contributed by atoms with Gasteiger partial charge in [-0.2, -0.15) is 4.31 Å². The van der Waals surface area contributed by atoms with Gasteiger partial charge in [-0.15, -0.1) is 0 Å². The van der Waals surface area contributed by atoms with E-state index >= 15 is 0 Å². The van der Waals surface area contributed by atoms with E-state index in [0.29, 0.717) is 18.0 Å². The SMILES string of the molecule is O=S(=O)(c1cc[nH]c1)N1CCCC(CO)C1. The maximum absolute atomic E-state index is 12.1. The molecule has 1 fully saturated rings. The highest BCUT2D eigenvalue weighted by Gasteiger charge is 2.29. The molecule has 0 radical (unpaired) electrons. The van der Waals surface area contributed by atoms with Gasteiger partial charge in [0.05, 0.1) is 4.90 Å². The minimum absolute atomic E-state index is 0.0547. The molecule has 0 aromatic carbocycles. The molecule has 1 saturated heterocycles. The van der Waals surface area contributed by atoms with Gasteiger partial charge in [0, 0.05) is 32.1 Å². The minimum Gasteiger partial charge on any atom is -0.396 e. The molecule has 1 aromatic rings. The predicted octanol–water partition coefficient (Wildman–Crippen LogP) is 0.408. The van der Waals surface area contributed by atoms with E-state index in [2.05, 4.69) is 4.98 Å². The van der Waals surface area contributed by atoms with E-state index in [0.717, 1.165) is 12.8 Å². The third-order valence-corrected chi connectivity index (χ3v) is 4.81. The van der Waals surface area contributed by atoms with Crippen LogP contribution in [-0.4, -0.2) is 42.5 Å². The van der Waals surface area contributed by atoms with E-state index in [1.807, 2.05) is 0 Å². The van der Waals surface area contributed by atoms with E-state index in [1.54, 1.807) is 12.3 Å². The molecule has 0 amide bonds. The number of aromatic nitrogens is 1. The molecule has 0 aliphatic carbocycles. The fourth-order valence-corrected chi connectivity index (χ4v) is 3.54. The summed E-state index contributed by atoms with van der Waals surface area (Å²) in [5, 5.41) is 9.08. The molecule has 1 aliphatic rings. The lowest BCUT2D eigenvalue weighted by molar-refractivity contribution is 0.165. The number of nitrogens with zero attached hydrogens (tertiary/aromatic N) is 1. The topological polar surface area (TPSA) is 73.4 Å². The Bertz CT molecular complexity index is 427. The number of hydrogen-bond acceptors (Lipinski definition) is 3. The van der Waals surface area contributed by atoms with Gasteiger partial charge in [0.25, 0.3) is 0 Å². The maximum atomic E-state index is 12.1. The largest absolute Gasteiger partial charge is 0.396 e. The molecule has 1 atom stereocenters. The Morgan fingerprint density at radius 2 is 2.38 bits per heavy atom. The van der Waals surface area contributed by atoms with Crippen LogP contribution in [0.1, 0.15) is 12.8 Å². The summed E-state index contributed by atoms with van der Waals surface area (Å²) in [7, 11) is -3.37. The standard InChI is InChI=1S/C10H16N2O3S/c13-8-9-2-1-5-12(7-9)16(14,15)10-3-4-11-6-10/h3-4,6,9,11,13H,1-2,5,7-8H2. The molecule has 1 unspecified atom stereocenters. The van der Waals surface area contributed by atoms with Crippen molar-refractivity contribution in [3.05, 3.63) is 18.5 Å². The van der Waals surface area contributed by atoms with Crippen molar-refractivity contribution in [1.29, 1.82) is 0 Å². The van der Waals surface area contributed by atoms with Crippen molar-refractivity contribution >= 4 is 10.0 Å². The van der Waals surface area contributed by atoms with Gasteiger partial charge in [-0.05, 0) is 24.8 Å². The smallest absolute Gasteiger partial charge is 0.244 e. The molecule has 6 heteroatoms. The number of H-pyrrole nitrogens is 1. The van der Waals surface area contributed by atoms with Crippen molar-refractivity contribution in [2.45, 2.75) is 17.7 Å². The Labute approximate surface area is 95.1 Å². The molecule has 0 bridgehead atoms. The zero-order chi connectivity index (χ0) is 11.6. The Hall–Kier alpha value is -0.850. The summed E-state index contributed by atoms with van der Waals surface area (Å²) >= 11 is 0. The van der Waals surface area contributed by atoms with E-state index in [4.69, 9.17) is 5.11 Å². The number of aliphatic hydroxyl groups excluding tert-OH is 1. The summed E-state index contributed by atoms with van der Waals surface area (Å²) in [6, 6.07) is 1.55. The van der Waals surface area contributed by atoms with Crippen LogP contribution in [0.2, 0.25) is 0 Å². The highest BCUT2D eigenvalue weighted by molar-refractivity contribution is 7.89. The lowest BCUT2D eigenvalue weighted by Crippen LogP contribution is -2.40. The van der Waals surface area contributed by atoms with Crippen LogP contribution >= 0.6 is 0 Å². The van der Waals surface area contributed by atoms with Gasteiger partial charge in [-0.25, -0.2) is 8.42 Å². The van der Waals surface area contributed by atoms with Gasteiger partial charge < -0.3 is 10.1 Å². The molecule has 1 aliphatic heterocycles. The van der Waals surface area contributed by atoms with Crippen LogP contribution < -0.4 is 0 Å². The molecular weight excluding hydrogens is 228 g/mol. The van der Waals surface area contributed by atoms with Crippen LogP contribution in [0.5, 0.6) is 0 Å². The van der Waals surface area contributed by atoms with E-state index in [9.17, 15) is 8.42 Å². The van der Waals surface area contributed by atoms with Crippen LogP contribution in [0.25, 0.3) is 0 Å². The quantitative estimate of drug-likeness (QED) is 0.808. The fourth-order valence-electron chi connectivity index (χ4n) is 2.01. The summed E-state index contributed by atoms with van der Waals surface area (Å²) in [4.78, 5) is 3.04. The summed E-state index contributed by atoms with van der Waals surface area (Å²) < 4.78 is 25.7. The van der Waals surface area contributed by atoms with Crippen LogP contribution in [-0.2, 0) is 10.0 Å². The third kappa shape index (κ3) is 2.14. The van der Waals surface area contributed by atoms with E-state index < -0.39 is 10.0 Å². The second kappa shape index (κ2) is 4.57. The normalized spacial score (nSPS) is 23.4. The third-order valence-electron chi connectivity index (χ3n) is 2.95. The molecule has 90 valence electrons. The monoisotopic (exact) mass is 244 g/mol. The molecule has 2 rings (SSSR count). The summed E-state index contributed by atoms with van der Waals surface area (Å²) in [6.45, 7) is 1.02. The van der Waals surface area contributed by atoms with Gasteiger partial charge in [0.2, 0.25) is 10.0 Å². The number of aromatic amines is 1. The number of aliphatic hydroxyl groups is 1.